The number of nitrogens with one attached hydrogen (secondary N) is 1. The third kappa shape index (κ3) is 1.93. The fraction of sp³-hybridized carbons (Fsp3) is 0.250. The van der Waals surface area contributed by atoms with E-state index >= 15 is 0 Å². The highest BCUT2D eigenvalue weighted by atomic mass is 16.6. The molecule has 4 nitrogen and oxygen atoms in total. The van der Waals surface area contributed by atoms with E-state index in [2.05, 4.69) is 19.2 Å². The van der Waals surface area contributed by atoms with Crippen LogP contribution in [0.4, 0.5) is 5.69 Å². The van der Waals surface area contributed by atoms with E-state index in [4.69, 9.17) is 4.74 Å². The third-order valence-corrected chi connectivity index (χ3v) is 3.34. The number of fused-ring (bicyclic) bond motifs is 3. The van der Waals surface area contributed by atoms with Crippen molar-refractivity contribution in [2.24, 2.45) is 5.92 Å². The lowest BCUT2D eigenvalue weighted by molar-refractivity contribution is 0.0445. The van der Waals surface area contributed by atoms with E-state index < -0.39 is 11.9 Å². The predicted octanol–water partition coefficient (Wildman–Crippen LogP) is 3.22. The molecule has 0 saturated heterocycles. The van der Waals surface area contributed by atoms with Gasteiger partial charge in [0.2, 0.25) is 0 Å². The van der Waals surface area contributed by atoms with Gasteiger partial charge in [0.15, 0.2) is 0 Å². The molecule has 102 valence electrons. The first kappa shape index (κ1) is 12.7. The molecule has 0 unspecified atom stereocenters. The van der Waals surface area contributed by atoms with E-state index in [9.17, 15) is 9.59 Å². The second kappa shape index (κ2) is 4.63. The topological polar surface area (TPSA) is 55.4 Å². The molecule has 0 aromatic heterocycles. The number of rotatable bonds is 3. The Morgan fingerprint density at radius 3 is 2.55 bits per heavy atom. The highest BCUT2D eigenvalue weighted by molar-refractivity contribution is 6.24. The van der Waals surface area contributed by atoms with Gasteiger partial charge >= 0.3 is 11.9 Å². The first-order valence-corrected chi connectivity index (χ1v) is 6.64. The van der Waals surface area contributed by atoms with E-state index in [1.807, 2.05) is 30.3 Å². The van der Waals surface area contributed by atoms with Gasteiger partial charge in [-0.25, -0.2) is 9.59 Å². The molecule has 0 fully saturated rings. The number of carbonyl (C=O) groups is 2. The Morgan fingerprint density at radius 2 is 1.80 bits per heavy atom. The van der Waals surface area contributed by atoms with E-state index in [-0.39, 0.29) is 0 Å². The van der Waals surface area contributed by atoms with Crippen molar-refractivity contribution in [3.63, 3.8) is 0 Å². The summed E-state index contributed by atoms with van der Waals surface area (Å²) in [6.45, 7) is 4.89. The summed E-state index contributed by atoms with van der Waals surface area (Å²) in [6.07, 6.45) is 0. The van der Waals surface area contributed by atoms with Crippen molar-refractivity contribution in [3.8, 4) is 0 Å². The highest BCUT2D eigenvalue weighted by Gasteiger charge is 2.34. The molecule has 0 aliphatic carbocycles. The SMILES string of the molecule is CC(C)CNc1cc2ccccc2c2c1C(=O)OC2=O. The highest BCUT2D eigenvalue weighted by Crippen LogP contribution is 2.34. The largest absolute Gasteiger partial charge is 0.386 e. The van der Waals surface area contributed by atoms with E-state index in [0.717, 1.165) is 17.3 Å². The van der Waals surface area contributed by atoms with Gasteiger partial charge in [-0.15, -0.1) is 0 Å². The zero-order chi connectivity index (χ0) is 14.3. The Morgan fingerprint density at radius 1 is 1.10 bits per heavy atom. The summed E-state index contributed by atoms with van der Waals surface area (Å²) in [4.78, 5) is 23.8. The summed E-state index contributed by atoms with van der Waals surface area (Å²) >= 11 is 0. The molecule has 1 aliphatic heterocycles. The summed E-state index contributed by atoms with van der Waals surface area (Å²) in [5.41, 5.74) is 1.40. The van der Waals surface area contributed by atoms with E-state index in [0.29, 0.717) is 22.7 Å². The van der Waals surface area contributed by atoms with Crippen LogP contribution in [0.25, 0.3) is 10.8 Å². The quantitative estimate of drug-likeness (QED) is 0.686. The molecule has 0 bridgehead atoms. The lowest BCUT2D eigenvalue weighted by Gasteiger charge is -2.12. The molecule has 1 aliphatic rings. The van der Waals surface area contributed by atoms with Gasteiger partial charge in [0.05, 0.1) is 16.8 Å². The van der Waals surface area contributed by atoms with Gasteiger partial charge < -0.3 is 10.1 Å². The molecule has 0 spiro atoms. The van der Waals surface area contributed by atoms with Crippen molar-refractivity contribution < 1.29 is 14.3 Å². The van der Waals surface area contributed by atoms with Crippen LogP contribution in [0.1, 0.15) is 34.6 Å². The molecule has 1 heterocycles. The van der Waals surface area contributed by atoms with Crippen molar-refractivity contribution in [1.29, 1.82) is 0 Å². The average molecular weight is 269 g/mol. The monoisotopic (exact) mass is 269 g/mol. The van der Waals surface area contributed by atoms with Crippen molar-refractivity contribution in [1.82, 2.24) is 0 Å². The maximum Gasteiger partial charge on any atom is 0.349 e. The molecule has 3 rings (SSSR count). The first-order chi connectivity index (χ1) is 9.58. The number of hydrogen-bond donors (Lipinski definition) is 1. The molecule has 0 radical (unpaired) electrons. The summed E-state index contributed by atoms with van der Waals surface area (Å²) in [5, 5.41) is 4.91. The van der Waals surface area contributed by atoms with Crippen molar-refractivity contribution in [2.75, 3.05) is 11.9 Å². The minimum absolute atomic E-state index is 0.356. The minimum Gasteiger partial charge on any atom is -0.386 e. The average Bonchev–Trinajstić information content (AvgIpc) is 2.72. The number of carbonyl (C=O) groups excluding carboxylic acids is 2. The molecule has 2 aromatic carbocycles. The maximum absolute atomic E-state index is 11.9. The van der Waals surface area contributed by atoms with Gasteiger partial charge in [0.1, 0.15) is 0 Å². The smallest absolute Gasteiger partial charge is 0.349 e. The molecule has 0 amide bonds. The Labute approximate surface area is 116 Å². The van der Waals surface area contributed by atoms with Crippen LogP contribution in [0.2, 0.25) is 0 Å². The van der Waals surface area contributed by atoms with Gasteiger partial charge in [-0.05, 0) is 22.8 Å². The Balaban J connectivity index is 2.23. The zero-order valence-electron chi connectivity index (χ0n) is 11.4. The molecule has 1 N–H and O–H groups in total. The van der Waals surface area contributed by atoms with Gasteiger partial charge in [-0.3, -0.25) is 0 Å². The van der Waals surface area contributed by atoms with E-state index in [1.54, 1.807) is 0 Å². The van der Waals surface area contributed by atoms with Crippen LogP contribution in [0, 0.1) is 5.92 Å². The number of cyclic esters (lactones) is 2. The molecule has 0 atom stereocenters. The summed E-state index contributed by atoms with van der Waals surface area (Å²) in [7, 11) is 0. The second-order valence-electron chi connectivity index (χ2n) is 5.35. The van der Waals surface area contributed by atoms with Crippen LogP contribution in [-0.4, -0.2) is 18.5 Å². The van der Waals surface area contributed by atoms with Gasteiger partial charge in [0, 0.05) is 6.54 Å². The number of ether oxygens (including phenoxy) is 1. The first-order valence-electron chi connectivity index (χ1n) is 6.64. The predicted molar refractivity (Wildman–Crippen MR) is 77.0 cm³/mol. The van der Waals surface area contributed by atoms with Crippen LogP contribution < -0.4 is 5.32 Å². The number of anilines is 1. The Bertz CT molecular complexity index is 719. The fourth-order valence-electron chi connectivity index (χ4n) is 2.41. The minimum atomic E-state index is -0.568. The number of benzene rings is 2. The van der Waals surface area contributed by atoms with E-state index in [1.165, 1.54) is 0 Å². The molecular weight excluding hydrogens is 254 g/mol. The van der Waals surface area contributed by atoms with Crippen molar-refractivity contribution in [3.05, 3.63) is 41.5 Å². The lowest BCUT2D eigenvalue weighted by Crippen LogP contribution is -2.11. The van der Waals surface area contributed by atoms with Crippen molar-refractivity contribution in [2.45, 2.75) is 13.8 Å². The second-order valence-corrected chi connectivity index (χ2v) is 5.35. The molecule has 20 heavy (non-hydrogen) atoms. The number of esters is 2. The summed E-state index contributed by atoms with van der Waals surface area (Å²) in [6, 6.07) is 9.41. The normalized spacial score (nSPS) is 13.8. The Hall–Kier alpha value is -2.36. The van der Waals surface area contributed by atoms with Crippen molar-refractivity contribution >= 4 is 28.4 Å². The zero-order valence-corrected chi connectivity index (χ0v) is 11.4. The van der Waals surface area contributed by atoms with Crippen LogP contribution in [0.3, 0.4) is 0 Å². The fourth-order valence-corrected chi connectivity index (χ4v) is 2.41. The summed E-state index contributed by atoms with van der Waals surface area (Å²) in [5.74, 6) is -0.693. The van der Waals surface area contributed by atoms with Gasteiger partial charge in [0.25, 0.3) is 0 Å². The molecule has 4 heteroatoms. The lowest BCUT2D eigenvalue weighted by atomic mass is 9.98. The molecular formula is C16H15NO3. The third-order valence-electron chi connectivity index (χ3n) is 3.34. The van der Waals surface area contributed by atoms with Crippen LogP contribution in [0.5, 0.6) is 0 Å². The van der Waals surface area contributed by atoms with Crippen LogP contribution in [-0.2, 0) is 4.74 Å². The van der Waals surface area contributed by atoms with Gasteiger partial charge in [-0.1, -0.05) is 38.1 Å². The van der Waals surface area contributed by atoms with Gasteiger partial charge in [-0.2, -0.15) is 0 Å². The van der Waals surface area contributed by atoms with Crippen LogP contribution in [0.15, 0.2) is 30.3 Å². The standard InChI is InChI=1S/C16H15NO3/c1-9(2)8-17-12-7-10-5-3-4-6-11(10)13-14(12)16(19)20-15(13)18/h3-7,9,17H,8H2,1-2H3. The Kier molecular flexibility index (Phi) is 2.93. The van der Waals surface area contributed by atoms with Crippen LogP contribution >= 0.6 is 0 Å². The maximum atomic E-state index is 11.9. The summed E-state index contributed by atoms with van der Waals surface area (Å²) < 4.78 is 4.77. The number of hydrogen-bond acceptors (Lipinski definition) is 4. The molecule has 0 saturated carbocycles. The molecule has 2 aromatic rings.